The molecule has 0 radical (unpaired) electrons. The van der Waals surface area contributed by atoms with Crippen LogP contribution >= 0.6 is 0 Å². The van der Waals surface area contributed by atoms with Gasteiger partial charge in [0.2, 0.25) is 0 Å². The summed E-state index contributed by atoms with van der Waals surface area (Å²) in [6.45, 7) is 0.177. The number of rotatable bonds is 6. The lowest BCUT2D eigenvalue weighted by Crippen LogP contribution is -1.99. The number of halogens is 2. The summed E-state index contributed by atoms with van der Waals surface area (Å²) < 4.78 is 31.9. The minimum Gasteiger partial charge on any atom is -0.486 e. The molecule has 0 aromatic heterocycles. The lowest BCUT2D eigenvalue weighted by molar-refractivity contribution is 0.289. The number of ether oxygens (including phenoxy) is 1. The summed E-state index contributed by atoms with van der Waals surface area (Å²) in [6.07, 6.45) is 1.69. The lowest BCUT2D eigenvalue weighted by Gasteiger charge is -2.08. The highest BCUT2D eigenvalue weighted by atomic mass is 19.1. The molecule has 0 aliphatic carbocycles. The van der Waals surface area contributed by atoms with Gasteiger partial charge in [0, 0.05) is 6.07 Å². The SMILES string of the molecule is Fc1ccc(OCc2cccc(C=NNc3ccccc3)c2)c(F)c1. The predicted molar refractivity (Wildman–Crippen MR) is 94.8 cm³/mol. The number of para-hydroxylation sites is 1. The summed E-state index contributed by atoms with van der Waals surface area (Å²) in [5.74, 6) is -1.33. The van der Waals surface area contributed by atoms with Crippen LogP contribution in [0, 0.1) is 11.6 Å². The largest absolute Gasteiger partial charge is 0.486 e. The van der Waals surface area contributed by atoms with Gasteiger partial charge in [0.1, 0.15) is 12.4 Å². The minimum absolute atomic E-state index is 0.0196. The predicted octanol–water partition coefficient (Wildman–Crippen LogP) is 4.99. The number of benzene rings is 3. The first-order valence-electron chi connectivity index (χ1n) is 7.71. The first-order chi connectivity index (χ1) is 12.2. The van der Waals surface area contributed by atoms with E-state index in [1.807, 2.05) is 54.6 Å². The number of hydrogen-bond acceptors (Lipinski definition) is 3. The molecular formula is C20H16F2N2O. The van der Waals surface area contributed by atoms with Gasteiger partial charge in [0.05, 0.1) is 11.9 Å². The number of hydrogen-bond donors (Lipinski definition) is 1. The smallest absolute Gasteiger partial charge is 0.167 e. The van der Waals surface area contributed by atoms with E-state index in [9.17, 15) is 8.78 Å². The van der Waals surface area contributed by atoms with E-state index >= 15 is 0 Å². The van der Waals surface area contributed by atoms with Crippen molar-refractivity contribution in [2.24, 2.45) is 5.10 Å². The van der Waals surface area contributed by atoms with Crippen LogP contribution in [-0.2, 0) is 6.61 Å². The molecule has 0 atom stereocenters. The Morgan fingerprint density at radius 2 is 1.76 bits per heavy atom. The highest BCUT2D eigenvalue weighted by Crippen LogP contribution is 2.19. The molecule has 3 aromatic carbocycles. The monoisotopic (exact) mass is 338 g/mol. The van der Waals surface area contributed by atoms with Crippen LogP contribution in [0.25, 0.3) is 0 Å². The van der Waals surface area contributed by atoms with E-state index in [4.69, 9.17) is 4.74 Å². The molecular weight excluding hydrogens is 322 g/mol. The van der Waals surface area contributed by atoms with E-state index in [0.29, 0.717) is 0 Å². The number of nitrogens with zero attached hydrogens (tertiary/aromatic N) is 1. The topological polar surface area (TPSA) is 33.6 Å². The van der Waals surface area contributed by atoms with Gasteiger partial charge in [-0.25, -0.2) is 8.78 Å². The Bertz CT molecular complexity index is 867. The highest BCUT2D eigenvalue weighted by Gasteiger charge is 2.05. The van der Waals surface area contributed by atoms with Gasteiger partial charge >= 0.3 is 0 Å². The second kappa shape index (κ2) is 8.06. The summed E-state index contributed by atoms with van der Waals surface area (Å²) in [4.78, 5) is 0. The molecule has 0 aliphatic heterocycles. The van der Waals surface area contributed by atoms with E-state index in [1.165, 1.54) is 6.07 Å². The van der Waals surface area contributed by atoms with E-state index in [-0.39, 0.29) is 12.4 Å². The Kier molecular flexibility index (Phi) is 5.36. The first kappa shape index (κ1) is 16.6. The first-order valence-corrected chi connectivity index (χ1v) is 7.71. The maximum absolute atomic E-state index is 13.6. The molecule has 0 aliphatic rings. The highest BCUT2D eigenvalue weighted by molar-refractivity contribution is 5.80. The van der Waals surface area contributed by atoms with E-state index in [0.717, 1.165) is 28.9 Å². The molecule has 3 rings (SSSR count). The molecule has 0 unspecified atom stereocenters. The van der Waals surface area contributed by atoms with Gasteiger partial charge in [0.25, 0.3) is 0 Å². The zero-order valence-corrected chi connectivity index (χ0v) is 13.3. The molecule has 0 saturated heterocycles. The summed E-state index contributed by atoms with van der Waals surface area (Å²) in [7, 11) is 0. The fourth-order valence-electron chi connectivity index (χ4n) is 2.21. The Labute approximate surface area is 144 Å². The summed E-state index contributed by atoms with van der Waals surface area (Å²) >= 11 is 0. The van der Waals surface area contributed by atoms with Crippen molar-refractivity contribution in [1.29, 1.82) is 0 Å². The summed E-state index contributed by atoms with van der Waals surface area (Å²) in [6, 6.07) is 20.4. The van der Waals surface area contributed by atoms with Crippen molar-refractivity contribution in [2.45, 2.75) is 6.61 Å². The Balaban J connectivity index is 1.61. The van der Waals surface area contributed by atoms with Crippen molar-refractivity contribution in [3.05, 3.63) is 95.6 Å². The third-order valence-electron chi connectivity index (χ3n) is 3.42. The molecule has 0 heterocycles. The zero-order chi connectivity index (χ0) is 17.5. The van der Waals surface area contributed by atoms with E-state index in [1.54, 1.807) is 6.21 Å². The average molecular weight is 338 g/mol. The standard InChI is InChI=1S/C20H16F2N2O/c21-17-9-10-20(19(22)12-17)25-14-16-6-4-5-15(11-16)13-23-24-18-7-2-1-3-8-18/h1-13,24H,14H2. The van der Waals surface area contributed by atoms with Crippen LogP contribution in [0.4, 0.5) is 14.5 Å². The fraction of sp³-hybridized carbons (Fsp3) is 0.0500. The minimum atomic E-state index is -0.718. The number of anilines is 1. The second-order valence-electron chi connectivity index (χ2n) is 5.34. The van der Waals surface area contributed by atoms with Crippen LogP contribution in [0.1, 0.15) is 11.1 Å². The lowest BCUT2D eigenvalue weighted by atomic mass is 10.1. The Morgan fingerprint density at radius 1 is 0.920 bits per heavy atom. The molecule has 0 spiro atoms. The normalized spacial score (nSPS) is 10.8. The molecule has 0 bridgehead atoms. The van der Waals surface area contributed by atoms with Crippen LogP contribution in [0.2, 0.25) is 0 Å². The van der Waals surface area contributed by atoms with Gasteiger partial charge in [-0.1, -0.05) is 36.4 Å². The molecule has 3 aromatic rings. The van der Waals surface area contributed by atoms with E-state index in [2.05, 4.69) is 10.5 Å². The number of nitrogens with one attached hydrogen (secondary N) is 1. The van der Waals surface area contributed by atoms with E-state index < -0.39 is 11.6 Å². The molecule has 25 heavy (non-hydrogen) atoms. The maximum Gasteiger partial charge on any atom is 0.167 e. The molecule has 126 valence electrons. The number of hydrazone groups is 1. The molecule has 0 amide bonds. The van der Waals surface area contributed by atoms with Crippen molar-refractivity contribution in [3.63, 3.8) is 0 Å². The van der Waals surface area contributed by atoms with Gasteiger partial charge in [-0.2, -0.15) is 5.10 Å². The molecule has 5 heteroatoms. The molecule has 0 fully saturated rings. The van der Waals surface area contributed by atoms with Crippen LogP contribution in [0.5, 0.6) is 5.75 Å². The van der Waals surface area contributed by atoms with Gasteiger partial charge < -0.3 is 4.74 Å². The van der Waals surface area contributed by atoms with Crippen LogP contribution in [-0.4, -0.2) is 6.21 Å². The van der Waals surface area contributed by atoms with Gasteiger partial charge in [0.15, 0.2) is 11.6 Å². The van der Waals surface area contributed by atoms with Gasteiger partial charge in [-0.05, 0) is 41.5 Å². The molecule has 1 N–H and O–H groups in total. The van der Waals surface area contributed by atoms with Gasteiger partial charge in [-0.3, -0.25) is 5.43 Å². The molecule has 3 nitrogen and oxygen atoms in total. The van der Waals surface area contributed by atoms with Crippen molar-refractivity contribution >= 4 is 11.9 Å². The Hall–Kier alpha value is -3.21. The third-order valence-corrected chi connectivity index (χ3v) is 3.42. The van der Waals surface area contributed by atoms with Crippen LogP contribution in [0.3, 0.4) is 0 Å². The molecule has 0 saturated carbocycles. The van der Waals surface area contributed by atoms with Crippen LogP contribution in [0.15, 0.2) is 77.9 Å². The van der Waals surface area contributed by atoms with Crippen molar-refractivity contribution in [3.8, 4) is 5.75 Å². The summed E-state index contributed by atoms with van der Waals surface area (Å²) in [5.41, 5.74) is 5.56. The fourth-order valence-corrected chi connectivity index (χ4v) is 2.21. The van der Waals surface area contributed by atoms with Gasteiger partial charge in [-0.15, -0.1) is 0 Å². The Morgan fingerprint density at radius 3 is 2.56 bits per heavy atom. The average Bonchev–Trinajstić information content (AvgIpc) is 2.62. The third kappa shape index (κ3) is 4.88. The van der Waals surface area contributed by atoms with Crippen LogP contribution < -0.4 is 10.2 Å². The second-order valence-corrected chi connectivity index (χ2v) is 5.34. The van der Waals surface area contributed by atoms with Crippen molar-refractivity contribution in [1.82, 2.24) is 0 Å². The zero-order valence-electron chi connectivity index (χ0n) is 13.3. The van der Waals surface area contributed by atoms with Crippen molar-refractivity contribution < 1.29 is 13.5 Å². The van der Waals surface area contributed by atoms with Crippen molar-refractivity contribution in [2.75, 3.05) is 5.43 Å². The summed E-state index contributed by atoms with van der Waals surface area (Å²) in [5, 5.41) is 4.18. The quantitative estimate of drug-likeness (QED) is 0.507. The maximum atomic E-state index is 13.6.